The minimum Gasteiger partial charge on any atom is -0.480 e. The normalized spacial score (nSPS) is 13.2. The van der Waals surface area contributed by atoms with Gasteiger partial charge < -0.3 is 20.9 Å². The first-order chi connectivity index (χ1) is 23.4. The van der Waals surface area contributed by atoms with E-state index in [-0.39, 0.29) is 18.0 Å². The number of esters is 1. The second-order valence-electron chi connectivity index (χ2n) is 13.0. The maximum absolute atomic E-state index is 12.7. The number of carboxylic acid groups (broad SMARTS) is 1. The average Bonchev–Trinajstić information content (AvgIpc) is 3.07. The molecule has 0 aliphatic rings. The van der Waals surface area contributed by atoms with Crippen molar-refractivity contribution < 1.29 is 24.2 Å². The van der Waals surface area contributed by atoms with Crippen molar-refractivity contribution in [3.8, 4) is 0 Å². The Morgan fingerprint density at radius 2 is 1.21 bits per heavy atom. The van der Waals surface area contributed by atoms with Crippen molar-refractivity contribution in [3.05, 3.63) is 48.6 Å². The lowest BCUT2D eigenvalue weighted by Gasteiger charge is -2.15. The Bertz CT molecular complexity index is 895. The standard InChI is InChI=1S/C41H72N2O5/c1-3-5-7-9-11-13-14-15-16-17-19-25-29-35-40(45)48-37(31-26-22-18-12-10-8-6-4-2)32-27-23-20-21-24-28-34-39(44)43-38(41(46)47)33-30-36-42/h6,8,12-14,18,26,31,37-38H,3-5,7,9-11,15-17,19-25,27-30,32-36,42H2,1-2H3,(H,43,44)(H,46,47)/b8-6-,14-13-,18-12-,31-26-. The molecule has 48 heavy (non-hydrogen) atoms. The van der Waals surface area contributed by atoms with E-state index in [0.29, 0.717) is 32.2 Å². The van der Waals surface area contributed by atoms with Crippen LogP contribution in [0.15, 0.2) is 48.6 Å². The molecule has 7 nitrogen and oxygen atoms in total. The minimum absolute atomic E-state index is 0.0951. The van der Waals surface area contributed by atoms with Crippen LogP contribution in [0.4, 0.5) is 0 Å². The topological polar surface area (TPSA) is 119 Å². The van der Waals surface area contributed by atoms with Gasteiger partial charge in [-0.2, -0.15) is 0 Å². The fourth-order valence-electron chi connectivity index (χ4n) is 5.44. The summed E-state index contributed by atoms with van der Waals surface area (Å²) in [5, 5.41) is 11.9. The molecule has 0 aliphatic heterocycles. The van der Waals surface area contributed by atoms with Crippen LogP contribution >= 0.6 is 0 Å². The van der Waals surface area contributed by atoms with Crippen molar-refractivity contribution in [3.63, 3.8) is 0 Å². The molecule has 0 radical (unpaired) electrons. The number of carboxylic acids is 1. The van der Waals surface area contributed by atoms with E-state index in [2.05, 4.69) is 67.8 Å². The van der Waals surface area contributed by atoms with E-state index in [1.165, 1.54) is 51.4 Å². The zero-order chi connectivity index (χ0) is 35.3. The molecule has 0 aliphatic carbocycles. The molecule has 0 saturated carbocycles. The fourth-order valence-corrected chi connectivity index (χ4v) is 5.44. The number of ether oxygens (including phenoxy) is 1. The van der Waals surface area contributed by atoms with Gasteiger partial charge in [-0.15, -0.1) is 0 Å². The van der Waals surface area contributed by atoms with Gasteiger partial charge in [0.2, 0.25) is 5.91 Å². The summed E-state index contributed by atoms with van der Waals surface area (Å²) in [5.41, 5.74) is 5.46. The van der Waals surface area contributed by atoms with Crippen molar-refractivity contribution in [1.82, 2.24) is 5.32 Å². The number of amides is 1. The summed E-state index contributed by atoms with van der Waals surface area (Å²) >= 11 is 0. The van der Waals surface area contributed by atoms with Gasteiger partial charge in [0.05, 0.1) is 0 Å². The van der Waals surface area contributed by atoms with Gasteiger partial charge in [-0.05, 0) is 96.1 Å². The average molecular weight is 673 g/mol. The van der Waals surface area contributed by atoms with E-state index in [1.54, 1.807) is 0 Å². The molecule has 2 unspecified atom stereocenters. The van der Waals surface area contributed by atoms with E-state index in [0.717, 1.165) is 83.5 Å². The number of carbonyl (C=O) groups is 3. The number of nitrogens with two attached hydrogens (primary N) is 1. The van der Waals surface area contributed by atoms with Gasteiger partial charge in [-0.25, -0.2) is 4.79 Å². The molecule has 276 valence electrons. The van der Waals surface area contributed by atoms with Crippen LogP contribution < -0.4 is 11.1 Å². The molecule has 0 saturated heterocycles. The Morgan fingerprint density at radius 1 is 0.646 bits per heavy atom. The summed E-state index contributed by atoms with van der Waals surface area (Å²) in [7, 11) is 0. The van der Waals surface area contributed by atoms with Crippen LogP contribution in [-0.4, -0.2) is 41.6 Å². The number of aliphatic carboxylic acids is 1. The number of carbonyl (C=O) groups excluding carboxylic acids is 2. The van der Waals surface area contributed by atoms with Crippen molar-refractivity contribution in [2.75, 3.05) is 6.54 Å². The molecular formula is C41H72N2O5. The van der Waals surface area contributed by atoms with Crippen LogP contribution in [0.5, 0.6) is 0 Å². The SMILES string of the molecule is CC/C=C\C/C=C\C/C=C\C(CCCCCCCCC(=O)NC(CCCN)C(=O)O)OC(=O)CCCCCCC/C=C\CCCCCC. The van der Waals surface area contributed by atoms with E-state index in [4.69, 9.17) is 10.5 Å². The first-order valence-corrected chi connectivity index (χ1v) is 19.5. The summed E-state index contributed by atoms with van der Waals surface area (Å²) in [6.07, 6.45) is 41.7. The van der Waals surface area contributed by atoms with Crippen molar-refractivity contribution in [2.24, 2.45) is 5.73 Å². The predicted octanol–water partition coefficient (Wildman–Crippen LogP) is 10.4. The molecule has 4 N–H and O–H groups in total. The van der Waals surface area contributed by atoms with Gasteiger partial charge in [0.1, 0.15) is 12.1 Å². The van der Waals surface area contributed by atoms with Gasteiger partial charge in [-0.3, -0.25) is 9.59 Å². The molecule has 0 spiro atoms. The van der Waals surface area contributed by atoms with Crippen LogP contribution in [0.25, 0.3) is 0 Å². The fraction of sp³-hybridized carbons (Fsp3) is 0.732. The van der Waals surface area contributed by atoms with Crippen LogP contribution in [0.3, 0.4) is 0 Å². The molecule has 0 aromatic heterocycles. The summed E-state index contributed by atoms with van der Waals surface area (Å²) in [5.74, 6) is -1.31. The van der Waals surface area contributed by atoms with Crippen LogP contribution in [0, 0.1) is 0 Å². The lowest BCUT2D eigenvalue weighted by atomic mass is 10.0. The third-order valence-corrected chi connectivity index (χ3v) is 8.36. The second-order valence-corrected chi connectivity index (χ2v) is 13.0. The molecule has 1 amide bonds. The lowest BCUT2D eigenvalue weighted by molar-refractivity contribution is -0.147. The zero-order valence-electron chi connectivity index (χ0n) is 30.8. The van der Waals surface area contributed by atoms with Gasteiger partial charge in [0.25, 0.3) is 0 Å². The molecular weight excluding hydrogens is 600 g/mol. The molecule has 0 bridgehead atoms. The molecule has 0 rings (SSSR count). The molecule has 0 fully saturated rings. The predicted molar refractivity (Wildman–Crippen MR) is 202 cm³/mol. The Hall–Kier alpha value is -2.67. The maximum Gasteiger partial charge on any atom is 0.326 e. The number of hydrogen-bond acceptors (Lipinski definition) is 5. The first kappa shape index (κ1) is 45.3. The highest BCUT2D eigenvalue weighted by molar-refractivity contribution is 5.83. The summed E-state index contributed by atoms with van der Waals surface area (Å²) in [6.45, 7) is 4.79. The highest BCUT2D eigenvalue weighted by atomic mass is 16.5. The molecule has 2 atom stereocenters. The van der Waals surface area contributed by atoms with Crippen molar-refractivity contribution >= 4 is 17.8 Å². The third kappa shape index (κ3) is 31.9. The highest BCUT2D eigenvalue weighted by Gasteiger charge is 2.18. The zero-order valence-corrected chi connectivity index (χ0v) is 30.8. The minimum atomic E-state index is -1.01. The second kappa shape index (κ2) is 35.6. The van der Waals surface area contributed by atoms with Gasteiger partial charge >= 0.3 is 11.9 Å². The smallest absolute Gasteiger partial charge is 0.326 e. The Balaban J connectivity index is 4.34. The first-order valence-electron chi connectivity index (χ1n) is 19.5. The number of nitrogens with one attached hydrogen (secondary N) is 1. The molecule has 0 aromatic rings. The Labute approximate surface area is 294 Å². The van der Waals surface area contributed by atoms with E-state index in [1.807, 2.05) is 0 Å². The van der Waals surface area contributed by atoms with E-state index >= 15 is 0 Å². The van der Waals surface area contributed by atoms with Crippen LogP contribution in [0.2, 0.25) is 0 Å². The van der Waals surface area contributed by atoms with Crippen LogP contribution in [0.1, 0.15) is 174 Å². The van der Waals surface area contributed by atoms with Crippen molar-refractivity contribution in [1.29, 1.82) is 0 Å². The summed E-state index contributed by atoms with van der Waals surface area (Å²) < 4.78 is 5.90. The number of unbranched alkanes of at least 4 members (excludes halogenated alkanes) is 14. The van der Waals surface area contributed by atoms with Crippen LogP contribution in [-0.2, 0) is 19.1 Å². The third-order valence-electron chi connectivity index (χ3n) is 8.36. The summed E-state index contributed by atoms with van der Waals surface area (Å²) in [4.78, 5) is 36.1. The van der Waals surface area contributed by atoms with Gasteiger partial charge in [0, 0.05) is 12.8 Å². The largest absolute Gasteiger partial charge is 0.480 e. The summed E-state index contributed by atoms with van der Waals surface area (Å²) in [6, 6.07) is -0.858. The number of allylic oxidation sites excluding steroid dienone is 7. The van der Waals surface area contributed by atoms with E-state index < -0.39 is 12.0 Å². The lowest BCUT2D eigenvalue weighted by Crippen LogP contribution is -2.40. The highest BCUT2D eigenvalue weighted by Crippen LogP contribution is 2.15. The van der Waals surface area contributed by atoms with E-state index in [9.17, 15) is 19.5 Å². The molecule has 0 heterocycles. The molecule has 7 heteroatoms. The Kier molecular flexibility index (Phi) is 33.7. The monoisotopic (exact) mass is 673 g/mol. The van der Waals surface area contributed by atoms with Gasteiger partial charge in [-0.1, -0.05) is 121 Å². The van der Waals surface area contributed by atoms with Gasteiger partial charge in [0.15, 0.2) is 0 Å². The quantitative estimate of drug-likeness (QED) is 0.0356. The molecule has 0 aromatic carbocycles. The van der Waals surface area contributed by atoms with Crippen molar-refractivity contribution in [2.45, 2.75) is 187 Å². The number of hydrogen-bond donors (Lipinski definition) is 3. The maximum atomic E-state index is 12.7. The Morgan fingerprint density at radius 3 is 1.83 bits per heavy atom. The number of rotatable bonds is 34.